The average Bonchev–Trinajstić information content (AvgIpc) is 2.40. The second kappa shape index (κ2) is 6.64. The molecule has 0 bridgehead atoms. The van der Waals surface area contributed by atoms with Gasteiger partial charge in [0.2, 0.25) is 0 Å². The van der Waals surface area contributed by atoms with Crippen molar-refractivity contribution in [2.24, 2.45) is 5.92 Å². The summed E-state index contributed by atoms with van der Waals surface area (Å²) in [6, 6.07) is 4.83. The summed E-state index contributed by atoms with van der Waals surface area (Å²) < 4.78 is 0.934. The van der Waals surface area contributed by atoms with Crippen LogP contribution in [-0.2, 0) is 0 Å². The van der Waals surface area contributed by atoms with E-state index in [-0.39, 0.29) is 0 Å². The molecule has 1 aliphatic heterocycles. The molecule has 1 fully saturated rings. The molecule has 0 radical (unpaired) electrons. The molecule has 1 aliphatic rings. The first-order chi connectivity index (χ1) is 8.72. The number of piperazine rings is 1. The molecular formula is C14H22BrN3. The monoisotopic (exact) mass is 311 g/mol. The fourth-order valence-electron chi connectivity index (χ4n) is 2.68. The second-order valence-corrected chi connectivity index (χ2v) is 5.84. The van der Waals surface area contributed by atoms with Gasteiger partial charge in [0, 0.05) is 38.4 Å². The van der Waals surface area contributed by atoms with E-state index < -0.39 is 0 Å². The van der Waals surface area contributed by atoms with Crippen molar-refractivity contribution in [1.82, 2.24) is 15.2 Å². The molecule has 3 nitrogen and oxygen atoms in total. The Hall–Kier alpha value is -0.450. The van der Waals surface area contributed by atoms with E-state index in [1.165, 1.54) is 12.0 Å². The van der Waals surface area contributed by atoms with Gasteiger partial charge in [0.25, 0.3) is 0 Å². The Balaban J connectivity index is 2.23. The molecule has 2 atom stereocenters. The van der Waals surface area contributed by atoms with Crippen molar-refractivity contribution >= 4 is 15.9 Å². The SMILES string of the molecule is CCC(C)[C@H](c1ccnc(Br)c1)N1CCNCC1. The Bertz CT molecular complexity index is 377. The minimum absolute atomic E-state index is 0.511. The van der Waals surface area contributed by atoms with Crippen LogP contribution >= 0.6 is 15.9 Å². The summed E-state index contributed by atoms with van der Waals surface area (Å²) in [5.41, 5.74) is 1.38. The minimum Gasteiger partial charge on any atom is -0.314 e. The van der Waals surface area contributed by atoms with E-state index in [9.17, 15) is 0 Å². The highest BCUT2D eigenvalue weighted by Gasteiger charge is 2.26. The highest BCUT2D eigenvalue weighted by molar-refractivity contribution is 9.10. The van der Waals surface area contributed by atoms with Crippen LogP contribution in [0.3, 0.4) is 0 Å². The van der Waals surface area contributed by atoms with Crippen molar-refractivity contribution in [1.29, 1.82) is 0 Å². The standard InChI is InChI=1S/C14H22BrN3/c1-3-11(2)14(18-8-6-16-7-9-18)12-4-5-17-13(15)10-12/h4-5,10-11,14,16H,3,6-9H2,1-2H3/t11?,14-/m1/s1. The zero-order valence-electron chi connectivity index (χ0n) is 11.2. The third-order valence-electron chi connectivity index (χ3n) is 3.82. The predicted molar refractivity (Wildman–Crippen MR) is 78.6 cm³/mol. The van der Waals surface area contributed by atoms with Gasteiger partial charge in [0.05, 0.1) is 0 Å². The van der Waals surface area contributed by atoms with Crippen LogP contribution in [0.4, 0.5) is 0 Å². The number of rotatable bonds is 4. The summed E-state index contributed by atoms with van der Waals surface area (Å²) >= 11 is 3.48. The fraction of sp³-hybridized carbons (Fsp3) is 0.643. The van der Waals surface area contributed by atoms with Crippen molar-refractivity contribution in [3.05, 3.63) is 28.5 Å². The summed E-state index contributed by atoms with van der Waals surface area (Å²) in [6.07, 6.45) is 3.10. The van der Waals surface area contributed by atoms with E-state index in [2.05, 4.69) is 57.1 Å². The first-order valence-electron chi connectivity index (χ1n) is 6.78. The third kappa shape index (κ3) is 3.31. The number of pyridine rings is 1. The lowest BCUT2D eigenvalue weighted by atomic mass is 9.91. The van der Waals surface area contributed by atoms with Gasteiger partial charge in [0.1, 0.15) is 4.60 Å². The highest BCUT2D eigenvalue weighted by Crippen LogP contribution is 2.31. The zero-order valence-corrected chi connectivity index (χ0v) is 12.8. The number of halogens is 1. The number of nitrogens with zero attached hydrogens (tertiary/aromatic N) is 2. The maximum atomic E-state index is 4.24. The van der Waals surface area contributed by atoms with E-state index in [1.807, 2.05) is 6.20 Å². The second-order valence-electron chi connectivity index (χ2n) is 5.03. The summed E-state index contributed by atoms with van der Waals surface area (Å²) in [5.74, 6) is 0.664. The Labute approximate surface area is 118 Å². The first kappa shape index (κ1) is 14.0. The Morgan fingerprint density at radius 2 is 2.17 bits per heavy atom. The molecule has 1 unspecified atom stereocenters. The van der Waals surface area contributed by atoms with Crippen molar-refractivity contribution < 1.29 is 0 Å². The summed E-state index contributed by atoms with van der Waals surface area (Å²) in [6.45, 7) is 9.08. The lowest BCUT2D eigenvalue weighted by Crippen LogP contribution is -2.46. The minimum atomic E-state index is 0.511. The van der Waals surface area contributed by atoms with Crippen molar-refractivity contribution in [3.8, 4) is 0 Å². The molecule has 1 saturated heterocycles. The summed E-state index contributed by atoms with van der Waals surface area (Å²) in [5, 5.41) is 3.43. The molecule has 0 aliphatic carbocycles. The Morgan fingerprint density at radius 1 is 1.44 bits per heavy atom. The molecule has 2 heterocycles. The molecule has 1 aromatic rings. The fourth-order valence-corrected chi connectivity index (χ4v) is 3.07. The van der Waals surface area contributed by atoms with Crippen molar-refractivity contribution in [3.63, 3.8) is 0 Å². The van der Waals surface area contributed by atoms with Crippen molar-refractivity contribution in [2.75, 3.05) is 26.2 Å². The predicted octanol–water partition coefficient (Wildman–Crippen LogP) is 2.84. The average molecular weight is 312 g/mol. The van der Waals surface area contributed by atoms with Crippen LogP contribution in [0.15, 0.2) is 22.9 Å². The van der Waals surface area contributed by atoms with Gasteiger partial charge >= 0.3 is 0 Å². The molecule has 4 heteroatoms. The van der Waals surface area contributed by atoms with Gasteiger partial charge in [-0.25, -0.2) is 4.98 Å². The van der Waals surface area contributed by atoms with Gasteiger partial charge in [-0.05, 0) is 39.5 Å². The van der Waals surface area contributed by atoms with Crippen LogP contribution in [0.2, 0.25) is 0 Å². The van der Waals surface area contributed by atoms with Crippen molar-refractivity contribution in [2.45, 2.75) is 26.3 Å². The molecular weight excluding hydrogens is 290 g/mol. The molecule has 100 valence electrons. The Kier molecular flexibility index (Phi) is 5.15. The lowest BCUT2D eigenvalue weighted by molar-refractivity contribution is 0.128. The number of nitrogens with one attached hydrogen (secondary N) is 1. The van der Waals surface area contributed by atoms with Gasteiger partial charge in [-0.1, -0.05) is 20.3 Å². The van der Waals surface area contributed by atoms with E-state index >= 15 is 0 Å². The number of hydrogen-bond acceptors (Lipinski definition) is 3. The largest absolute Gasteiger partial charge is 0.314 e. The smallest absolute Gasteiger partial charge is 0.106 e. The summed E-state index contributed by atoms with van der Waals surface area (Å²) in [7, 11) is 0. The van der Waals surface area contributed by atoms with Crippen LogP contribution < -0.4 is 5.32 Å². The van der Waals surface area contributed by atoms with E-state index in [1.54, 1.807) is 0 Å². The van der Waals surface area contributed by atoms with Gasteiger partial charge < -0.3 is 5.32 Å². The normalized spacial score (nSPS) is 20.6. The third-order valence-corrected chi connectivity index (χ3v) is 4.25. The first-order valence-corrected chi connectivity index (χ1v) is 7.58. The van der Waals surface area contributed by atoms with Crippen LogP contribution in [0.1, 0.15) is 31.9 Å². The maximum Gasteiger partial charge on any atom is 0.106 e. The van der Waals surface area contributed by atoms with Gasteiger partial charge in [-0.3, -0.25) is 4.90 Å². The van der Waals surface area contributed by atoms with Crippen LogP contribution in [0.25, 0.3) is 0 Å². The van der Waals surface area contributed by atoms with Gasteiger partial charge in [-0.2, -0.15) is 0 Å². The van der Waals surface area contributed by atoms with Crippen LogP contribution in [-0.4, -0.2) is 36.1 Å². The number of aromatic nitrogens is 1. The van der Waals surface area contributed by atoms with Gasteiger partial charge in [-0.15, -0.1) is 0 Å². The van der Waals surface area contributed by atoms with E-state index in [0.29, 0.717) is 12.0 Å². The maximum absolute atomic E-state index is 4.24. The van der Waals surface area contributed by atoms with Crippen LogP contribution in [0, 0.1) is 5.92 Å². The van der Waals surface area contributed by atoms with Gasteiger partial charge in [0.15, 0.2) is 0 Å². The quantitative estimate of drug-likeness (QED) is 0.867. The molecule has 0 amide bonds. The van der Waals surface area contributed by atoms with E-state index in [0.717, 1.165) is 30.8 Å². The molecule has 1 aromatic heterocycles. The Morgan fingerprint density at radius 3 is 2.78 bits per heavy atom. The summed E-state index contributed by atoms with van der Waals surface area (Å²) in [4.78, 5) is 6.84. The molecule has 1 N–H and O–H groups in total. The van der Waals surface area contributed by atoms with Crippen LogP contribution in [0.5, 0.6) is 0 Å². The molecule has 0 spiro atoms. The number of hydrogen-bond donors (Lipinski definition) is 1. The lowest BCUT2D eigenvalue weighted by Gasteiger charge is -2.38. The highest BCUT2D eigenvalue weighted by atomic mass is 79.9. The molecule has 18 heavy (non-hydrogen) atoms. The zero-order chi connectivity index (χ0) is 13.0. The topological polar surface area (TPSA) is 28.2 Å². The molecule has 0 aromatic carbocycles. The molecule has 2 rings (SSSR count). The van der Waals surface area contributed by atoms with E-state index in [4.69, 9.17) is 0 Å². The molecule has 0 saturated carbocycles.